The number of sulfonamides is 1. The van der Waals surface area contributed by atoms with Crippen molar-refractivity contribution in [3.05, 3.63) is 14.7 Å². The van der Waals surface area contributed by atoms with Crippen LogP contribution in [0.2, 0.25) is 0 Å². The van der Waals surface area contributed by atoms with Gasteiger partial charge in [0.1, 0.15) is 4.90 Å². The van der Waals surface area contributed by atoms with E-state index in [0.29, 0.717) is 21.3 Å². The van der Waals surface area contributed by atoms with E-state index in [1.807, 2.05) is 0 Å². The second kappa shape index (κ2) is 5.94. The third-order valence-electron chi connectivity index (χ3n) is 2.85. The van der Waals surface area contributed by atoms with Crippen molar-refractivity contribution in [1.82, 2.24) is 9.62 Å². The van der Waals surface area contributed by atoms with Crippen molar-refractivity contribution in [3.8, 4) is 12.3 Å². The van der Waals surface area contributed by atoms with Crippen LogP contribution in [0.5, 0.6) is 0 Å². The zero-order chi connectivity index (χ0) is 14.0. The standard InChI is InChI=1S/C12H15BrN2O2S2/c1-3-6-15(2)19(16,17)11-7-10(18-12(11)13)8-14-9-4-5-9/h1,7,9,14H,4-6,8H2,2H3. The molecule has 0 aliphatic heterocycles. The van der Waals surface area contributed by atoms with Crippen molar-refractivity contribution in [2.24, 2.45) is 0 Å². The van der Waals surface area contributed by atoms with Crippen LogP contribution in [0.15, 0.2) is 14.7 Å². The summed E-state index contributed by atoms with van der Waals surface area (Å²) in [5.74, 6) is 2.34. The fourth-order valence-electron chi connectivity index (χ4n) is 1.57. The topological polar surface area (TPSA) is 49.4 Å². The summed E-state index contributed by atoms with van der Waals surface area (Å²) in [6, 6.07) is 2.32. The lowest BCUT2D eigenvalue weighted by Crippen LogP contribution is -2.27. The molecule has 0 spiro atoms. The maximum atomic E-state index is 12.3. The maximum Gasteiger partial charge on any atom is 0.245 e. The highest BCUT2D eigenvalue weighted by Gasteiger charge is 2.26. The fraction of sp³-hybridized carbons (Fsp3) is 0.500. The summed E-state index contributed by atoms with van der Waals surface area (Å²) in [5.41, 5.74) is 0. The molecular weight excluding hydrogens is 348 g/mol. The minimum absolute atomic E-state index is 0.0697. The van der Waals surface area contributed by atoms with Gasteiger partial charge < -0.3 is 5.32 Å². The Morgan fingerprint density at radius 1 is 1.63 bits per heavy atom. The molecule has 1 aromatic heterocycles. The van der Waals surface area contributed by atoms with Gasteiger partial charge in [-0.05, 0) is 34.8 Å². The number of thiophene rings is 1. The van der Waals surface area contributed by atoms with Gasteiger partial charge in [0.15, 0.2) is 0 Å². The number of rotatable bonds is 6. The molecule has 1 aliphatic rings. The van der Waals surface area contributed by atoms with Gasteiger partial charge in [-0.25, -0.2) is 8.42 Å². The molecule has 1 fully saturated rings. The predicted octanol–water partition coefficient (Wildman–Crippen LogP) is 2.02. The van der Waals surface area contributed by atoms with Crippen LogP contribution < -0.4 is 5.32 Å². The molecule has 0 atom stereocenters. The summed E-state index contributed by atoms with van der Waals surface area (Å²) in [7, 11) is -2.02. The third-order valence-corrected chi connectivity index (χ3v) is 6.91. The number of terminal acetylenes is 1. The number of hydrogen-bond donors (Lipinski definition) is 1. The molecular formula is C12H15BrN2O2S2. The quantitative estimate of drug-likeness (QED) is 0.787. The molecule has 104 valence electrons. The summed E-state index contributed by atoms with van der Waals surface area (Å²) in [6.45, 7) is 0.780. The number of nitrogens with zero attached hydrogens (tertiary/aromatic N) is 1. The number of hydrogen-bond acceptors (Lipinski definition) is 4. The SMILES string of the molecule is C#CCN(C)S(=O)(=O)c1cc(CNC2CC2)sc1Br. The third kappa shape index (κ3) is 3.58. The van der Waals surface area contributed by atoms with E-state index in [-0.39, 0.29) is 6.54 Å². The Morgan fingerprint density at radius 2 is 2.32 bits per heavy atom. The Balaban J connectivity index is 2.16. The average molecular weight is 363 g/mol. The molecule has 1 heterocycles. The molecule has 0 radical (unpaired) electrons. The van der Waals surface area contributed by atoms with Crippen LogP contribution in [-0.2, 0) is 16.6 Å². The molecule has 0 unspecified atom stereocenters. The van der Waals surface area contributed by atoms with Gasteiger partial charge in [-0.1, -0.05) is 5.92 Å². The van der Waals surface area contributed by atoms with Gasteiger partial charge in [-0.2, -0.15) is 4.31 Å². The van der Waals surface area contributed by atoms with E-state index in [1.54, 1.807) is 6.07 Å². The van der Waals surface area contributed by atoms with Crippen molar-refractivity contribution in [3.63, 3.8) is 0 Å². The normalized spacial score (nSPS) is 15.7. The Morgan fingerprint density at radius 3 is 2.89 bits per heavy atom. The Hall–Kier alpha value is -0.390. The molecule has 1 aromatic rings. The first-order valence-corrected chi connectivity index (χ1v) is 8.91. The molecule has 0 bridgehead atoms. The van der Waals surface area contributed by atoms with Gasteiger partial charge in [0.2, 0.25) is 10.0 Å². The van der Waals surface area contributed by atoms with Crippen molar-refractivity contribution >= 4 is 37.3 Å². The van der Waals surface area contributed by atoms with E-state index in [4.69, 9.17) is 6.42 Å². The van der Waals surface area contributed by atoms with Crippen molar-refractivity contribution < 1.29 is 8.42 Å². The molecule has 4 nitrogen and oxygen atoms in total. The van der Waals surface area contributed by atoms with Crippen LogP contribution in [0.3, 0.4) is 0 Å². The van der Waals surface area contributed by atoms with E-state index in [2.05, 4.69) is 27.2 Å². The fourth-order valence-corrected chi connectivity index (χ4v) is 5.24. The molecule has 0 amide bonds. The molecule has 1 saturated carbocycles. The van der Waals surface area contributed by atoms with E-state index in [9.17, 15) is 8.42 Å². The summed E-state index contributed by atoms with van der Waals surface area (Å²) in [5, 5.41) is 3.37. The largest absolute Gasteiger partial charge is 0.309 e. The van der Waals surface area contributed by atoms with Crippen LogP contribution in [0.4, 0.5) is 0 Å². The first kappa shape index (κ1) is 15.0. The van der Waals surface area contributed by atoms with E-state index in [0.717, 1.165) is 4.88 Å². The highest BCUT2D eigenvalue weighted by Crippen LogP contribution is 2.33. The molecule has 19 heavy (non-hydrogen) atoms. The maximum absolute atomic E-state index is 12.3. The van der Waals surface area contributed by atoms with Crippen molar-refractivity contribution in [1.29, 1.82) is 0 Å². The highest BCUT2D eigenvalue weighted by atomic mass is 79.9. The second-order valence-corrected chi connectivity index (χ2v) is 8.94. The Kier molecular flexibility index (Phi) is 4.69. The van der Waals surface area contributed by atoms with Crippen molar-refractivity contribution in [2.75, 3.05) is 13.6 Å². The van der Waals surface area contributed by atoms with Crippen LogP contribution >= 0.6 is 27.3 Å². The van der Waals surface area contributed by atoms with E-state index < -0.39 is 10.0 Å². The molecule has 1 N–H and O–H groups in total. The molecule has 1 aliphatic carbocycles. The van der Waals surface area contributed by atoms with Crippen LogP contribution in [-0.4, -0.2) is 32.4 Å². The van der Waals surface area contributed by atoms with Crippen molar-refractivity contribution in [2.45, 2.75) is 30.3 Å². The van der Waals surface area contributed by atoms with Gasteiger partial charge in [-0.3, -0.25) is 0 Å². The lowest BCUT2D eigenvalue weighted by atomic mass is 10.4. The van der Waals surface area contributed by atoms with Gasteiger partial charge >= 0.3 is 0 Å². The van der Waals surface area contributed by atoms with Gasteiger partial charge in [0.25, 0.3) is 0 Å². The lowest BCUT2D eigenvalue weighted by Gasteiger charge is -2.13. The van der Waals surface area contributed by atoms with Crippen LogP contribution in [0.25, 0.3) is 0 Å². The number of halogens is 1. The molecule has 0 saturated heterocycles. The zero-order valence-electron chi connectivity index (χ0n) is 10.5. The van der Waals surface area contributed by atoms with Gasteiger partial charge in [-0.15, -0.1) is 17.8 Å². The minimum Gasteiger partial charge on any atom is -0.309 e. The smallest absolute Gasteiger partial charge is 0.245 e. The number of nitrogens with one attached hydrogen (secondary N) is 1. The summed E-state index contributed by atoms with van der Waals surface area (Å²) >= 11 is 4.77. The second-order valence-electron chi connectivity index (χ2n) is 4.47. The van der Waals surface area contributed by atoms with Crippen LogP contribution in [0, 0.1) is 12.3 Å². The zero-order valence-corrected chi connectivity index (χ0v) is 13.7. The summed E-state index contributed by atoms with van der Waals surface area (Å²) in [6.07, 6.45) is 7.58. The first-order valence-electron chi connectivity index (χ1n) is 5.86. The Labute approximate surface area is 126 Å². The first-order chi connectivity index (χ1) is 8.95. The van der Waals surface area contributed by atoms with Crippen LogP contribution in [0.1, 0.15) is 17.7 Å². The highest BCUT2D eigenvalue weighted by molar-refractivity contribution is 9.11. The van der Waals surface area contributed by atoms with E-state index >= 15 is 0 Å². The Bertz CT molecular complexity index is 600. The van der Waals surface area contributed by atoms with Gasteiger partial charge in [0.05, 0.1) is 10.3 Å². The monoisotopic (exact) mass is 362 g/mol. The predicted molar refractivity (Wildman–Crippen MR) is 80.5 cm³/mol. The summed E-state index contributed by atoms with van der Waals surface area (Å²) in [4.78, 5) is 1.30. The lowest BCUT2D eigenvalue weighted by molar-refractivity contribution is 0.503. The minimum atomic E-state index is -3.51. The molecule has 2 rings (SSSR count). The molecule has 0 aromatic carbocycles. The average Bonchev–Trinajstić information content (AvgIpc) is 3.10. The summed E-state index contributed by atoms with van der Waals surface area (Å²) < 4.78 is 26.4. The van der Waals surface area contributed by atoms with E-state index in [1.165, 1.54) is 35.5 Å². The molecule has 7 heteroatoms. The van der Waals surface area contributed by atoms with Gasteiger partial charge in [0, 0.05) is 24.5 Å².